The molecule has 0 bridgehead atoms. The highest BCUT2D eigenvalue weighted by atomic mass is 16.5. The minimum atomic E-state index is -0.285. The summed E-state index contributed by atoms with van der Waals surface area (Å²) in [6.45, 7) is 4.33. The maximum atomic E-state index is 12.8. The molecule has 0 aliphatic carbocycles. The van der Waals surface area contributed by atoms with Gasteiger partial charge < -0.3 is 24.5 Å². The molecule has 162 valence electrons. The Bertz CT molecular complexity index is 1190. The van der Waals surface area contributed by atoms with Crippen LogP contribution in [0.3, 0.4) is 0 Å². The Hall–Kier alpha value is -3.55. The largest absolute Gasteiger partial charge is 0.497 e. The van der Waals surface area contributed by atoms with Crippen LogP contribution in [0.25, 0.3) is 22.3 Å². The molecule has 31 heavy (non-hydrogen) atoms. The van der Waals surface area contributed by atoms with Gasteiger partial charge in [-0.15, -0.1) is 0 Å². The Balaban J connectivity index is 1.69. The molecule has 8 nitrogen and oxygen atoms in total. The highest BCUT2D eigenvalue weighted by molar-refractivity contribution is 5.87. The number of benzene rings is 2. The summed E-state index contributed by atoms with van der Waals surface area (Å²) in [6.07, 6.45) is 1.33. The van der Waals surface area contributed by atoms with Gasteiger partial charge in [0.1, 0.15) is 35.1 Å². The SMILES string of the molecule is COc1cc(OC)c2c(=O)[nH]c(-c3cc(C)c(OCC4CCC(=O)N4)c(C)c3)nc2c1. The normalized spacial score (nSPS) is 15.7. The van der Waals surface area contributed by atoms with E-state index in [0.29, 0.717) is 41.3 Å². The second-order valence-corrected chi connectivity index (χ2v) is 7.69. The predicted molar refractivity (Wildman–Crippen MR) is 117 cm³/mol. The maximum Gasteiger partial charge on any atom is 0.262 e. The summed E-state index contributed by atoms with van der Waals surface area (Å²) in [5.74, 6) is 2.26. The van der Waals surface area contributed by atoms with Crippen molar-refractivity contribution in [2.75, 3.05) is 20.8 Å². The molecule has 8 heteroatoms. The first-order chi connectivity index (χ1) is 14.9. The lowest BCUT2D eigenvalue weighted by Crippen LogP contribution is -2.31. The van der Waals surface area contributed by atoms with E-state index < -0.39 is 0 Å². The van der Waals surface area contributed by atoms with Gasteiger partial charge in [-0.05, 0) is 43.5 Å². The summed E-state index contributed by atoms with van der Waals surface area (Å²) in [7, 11) is 3.06. The number of aromatic amines is 1. The quantitative estimate of drug-likeness (QED) is 0.632. The van der Waals surface area contributed by atoms with Crippen LogP contribution in [-0.4, -0.2) is 42.7 Å². The highest BCUT2D eigenvalue weighted by Crippen LogP contribution is 2.31. The Morgan fingerprint density at radius 3 is 2.42 bits per heavy atom. The van der Waals surface area contributed by atoms with Gasteiger partial charge in [-0.1, -0.05) is 0 Å². The molecule has 1 atom stereocenters. The third-order valence-electron chi connectivity index (χ3n) is 5.45. The number of carbonyl (C=O) groups is 1. The van der Waals surface area contributed by atoms with Gasteiger partial charge >= 0.3 is 0 Å². The summed E-state index contributed by atoms with van der Waals surface area (Å²) >= 11 is 0. The number of aromatic nitrogens is 2. The molecule has 4 rings (SSSR count). The molecule has 2 heterocycles. The van der Waals surface area contributed by atoms with Crippen molar-refractivity contribution in [2.24, 2.45) is 0 Å². The molecule has 1 fully saturated rings. The first kappa shape index (κ1) is 20.7. The zero-order chi connectivity index (χ0) is 22.1. The molecule has 2 N–H and O–H groups in total. The standard InChI is InChI=1S/C23H25N3O5/c1-12-7-14(8-13(2)21(12)31-11-15-5-6-19(27)24-15)22-25-17-9-16(29-3)10-18(30-4)20(17)23(28)26-22/h7-10,15H,5-6,11H2,1-4H3,(H,24,27)(H,25,26,28). The molecule has 0 radical (unpaired) electrons. The summed E-state index contributed by atoms with van der Waals surface area (Å²) in [5.41, 5.74) is 2.82. The number of rotatable bonds is 6. The van der Waals surface area contributed by atoms with E-state index in [1.165, 1.54) is 7.11 Å². The fourth-order valence-electron chi connectivity index (χ4n) is 3.93. The Kier molecular flexibility index (Phi) is 5.54. The molecule has 1 aliphatic heterocycles. The number of hydrogen-bond acceptors (Lipinski definition) is 6. The van der Waals surface area contributed by atoms with E-state index in [-0.39, 0.29) is 17.5 Å². The number of amides is 1. The lowest BCUT2D eigenvalue weighted by molar-refractivity contribution is -0.119. The predicted octanol–water partition coefficient (Wildman–Crippen LogP) is 2.88. The Morgan fingerprint density at radius 2 is 1.81 bits per heavy atom. The van der Waals surface area contributed by atoms with Gasteiger partial charge in [0.05, 0.1) is 25.8 Å². The van der Waals surface area contributed by atoms with E-state index in [1.807, 2.05) is 26.0 Å². The number of ether oxygens (including phenoxy) is 3. The number of methoxy groups -OCH3 is 2. The Labute approximate surface area is 179 Å². The van der Waals surface area contributed by atoms with Crippen molar-refractivity contribution < 1.29 is 19.0 Å². The summed E-state index contributed by atoms with van der Waals surface area (Å²) in [4.78, 5) is 31.7. The van der Waals surface area contributed by atoms with Crippen LogP contribution in [0.15, 0.2) is 29.1 Å². The smallest absolute Gasteiger partial charge is 0.262 e. The Morgan fingerprint density at radius 1 is 1.06 bits per heavy atom. The van der Waals surface area contributed by atoms with E-state index in [9.17, 15) is 9.59 Å². The van der Waals surface area contributed by atoms with Crippen LogP contribution in [0.4, 0.5) is 0 Å². The first-order valence-electron chi connectivity index (χ1n) is 10.1. The number of hydrogen-bond donors (Lipinski definition) is 2. The van der Waals surface area contributed by atoms with Gasteiger partial charge in [-0.25, -0.2) is 4.98 Å². The monoisotopic (exact) mass is 423 g/mol. The van der Waals surface area contributed by atoms with Gasteiger partial charge in [-0.2, -0.15) is 0 Å². The van der Waals surface area contributed by atoms with E-state index in [0.717, 1.165) is 28.9 Å². The second kappa shape index (κ2) is 8.29. The van der Waals surface area contributed by atoms with Crippen molar-refractivity contribution in [2.45, 2.75) is 32.7 Å². The number of aryl methyl sites for hydroxylation is 2. The third kappa shape index (κ3) is 4.05. The summed E-state index contributed by atoms with van der Waals surface area (Å²) < 4.78 is 16.7. The van der Waals surface area contributed by atoms with Crippen molar-refractivity contribution >= 4 is 16.8 Å². The summed E-state index contributed by atoms with van der Waals surface area (Å²) in [5, 5.41) is 3.28. The average Bonchev–Trinajstić information content (AvgIpc) is 3.16. The number of carbonyl (C=O) groups excluding carboxylic acids is 1. The number of H-pyrrole nitrogens is 1. The number of nitrogens with zero attached hydrogens (tertiary/aromatic N) is 1. The zero-order valence-corrected chi connectivity index (χ0v) is 18.0. The van der Waals surface area contributed by atoms with Crippen molar-refractivity contribution in [3.8, 4) is 28.6 Å². The molecule has 0 spiro atoms. The van der Waals surface area contributed by atoms with Gasteiger partial charge in [0.2, 0.25) is 5.91 Å². The maximum absolute atomic E-state index is 12.8. The van der Waals surface area contributed by atoms with Crippen molar-refractivity contribution in [3.63, 3.8) is 0 Å². The average molecular weight is 423 g/mol. The van der Waals surface area contributed by atoms with Crippen LogP contribution in [0.5, 0.6) is 17.2 Å². The molecule has 2 aromatic carbocycles. The third-order valence-corrected chi connectivity index (χ3v) is 5.45. The van der Waals surface area contributed by atoms with E-state index in [2.05, 4.69) is 15.3 Å². The molecule has 1 aromatic heterocycles. The fourth-order valence-corrected chi connectivity index (χ4v) is 3.93. The van der Waals surface area contributed by atoms with Crippen molar-refractivity contribution in [3.05, 3.63) is 45.7 Å². The topological polar surface area (TPSA) is 103 Å². The van der Waals surface area contributed by atoms with Crippen molar-refractivity contribution in [1.82, 2.24) is 15.3 Å². The molecular formula is C23H25N3O5. The first-order valence-corrected chi connectivity index (χ1v) is 10.1. The molecule has 0 saturated carbocycles. The van der Waals surface area contributed by atoms with E-state index >= 15 is 0 Å². The molecule has 1 amide bonds. The van der Waals surface area contributed by atoms with Gasteiger partial charge in [0.25, 0.3) is 5.56 Å². The lowest BCUT2D eigenvalue weighted by Gasteiger charge is -2.17. The van der Waals surface area contributed by atoms with Crippen LogP contribution < -0.4 is 25.1 Å². The van der Waals surface area contributed by atoms with E-state index in [4.69, 9.17) is 14.2 Å². The summed E-state index contributed by atoms with van der Waals surface area (Å²) in [6, 6.07) is 7.26. The molecule has 1 aliphatic rings. The van der Waals surface area contributed by atoms with Crippen LogP contribution in [0.2, 0.25) is 0 Å². The molecule has 1 saturated heterocycles. The zero-order valence-electron chi connectivity index (χ0n) is 18.0. The van der Waals surface area contributed by atoms with Gasteiger partial charge in [0.15, 0.2) is 0 Å². The fraction of sp³-hybridized carbons (Fsp3) is 0.348. The van der Waals surface area contributed by atoms with Crippen LogP contribution in [0.1, 0.15) is 24.0 Å². The molecule has 1 unspecified atom stereocenters. The molecule has 3 aromatic rings. The van der Waals surface area contributed by atoms with Crippen LogP contribution >= 0.6 is 0 Å². The van der Waals surface area contributed by atoms with Crippen LogP contribution in [0, 0.1) is 13.8 Å². The second-order valence-electron chi connectivity index (χ2n) is 7.69. The minimum Gasteiger partial charge on any atom is -0.497 e. The molecular weight excluding hydrogens is 398 g/mol. The van der Waals surface area contributed by atoms with Gasteiger partial charge in [-0.3, -0.25) is 9.59 Å². The van der Waals surface area contributed by atoms with Crippen LogP contribution in [-0.2, 0) is 4.79 Å². The lowest BCUT2D eigenvalue weighted by atomic mass is 10.0. The number of fused-ring (bicyclic) bond motifs is 1. The van der Waals surface area contributed by atoms with E-state index in [1.54, 1.807) is 19.2 Å². The number of nitrogens with one attached hydrogen (secondary N) is 2. The van der Waals surface area contributed by atoms with Crippen molar-refractivity contribution in [1.29, 1.82) is 0 Å². The van der Waals surface area contributed by atoms with Gasteiger partial charge in [0, 0.05) is 24.1 Å². The minimum absolute atomic E-state index is 0.0365. The highest BCUT2D eigenvalue weighted by Gasteiger charge is 2.22.